The van der Waals surface area contributed by atoms with Gasteiger partial charge >= 0.3 is 0 Å². The average Bonchev–Trinajstić information content (AvgIpc) is 2.88. The van der Waals surface area contributed by atoms with Crippen LogP contribution in [-0.2, 0) is 0 Å². The fourth-order valence-electron chi connectivity index (χ4n) is 2.44. The van der Waals surface area contributed by atoms with E-state index in [1.165, 1.54) is 12.8 Å². The lowest BCUT2D eigenvalue weighted by molar-refractivity contribution is 0.583. The Kier molecular flexibility index (Phi) is 4.16. The molecule has 0 amide bonds. The van der Waals surface area contributed by atoms with Crippen molar-refractivity contribution in [3.05, 3.63) is 23.4 Å². The van der Waals surface area contributed by atoms with Gasteiger partial charge in [-0.2, -0.15) is 5.26 Å². The van der Waals surface area contributed by atoms with Crippen LogP contribution in [0.5, 0.6) is 0 Å². The van der Waals surface area contributed by atoms with Crippen LogP contribution in [0, 0.1) is 18.3 Å². The zero-order valence-electron chi connectivity index (χ0n) is 11.1. The van der Waals surface area contributed by atoms with Crippen molar-refractivity contribution < 1.29 is 0 Å². The average molecular weight is 244 g/mol. The largest absolute Gasteiger partial charge is 0.355 e. The SMILES string of the molecule is CCN(CC1CCCN1)c1cc(C#N)cc(C)n1. The quantitative estimate of drug-likeness (QED) is 0.878. The van der Waals surface area contributed by atoms with E-state index in [0.717, 1.165) is 31.1 Å². The maximum atomic E-state index is 9.02. The van der Waals surface area contributed by atoms with Crippen LogP contribution < -0.4 is 10.2 Å². The van der Waals surface area contributed by atoms with Crippen LogP contribution in [0.15, 0.2) is 12.1 Å². The molecule has 2 rings (SSSR count). The lowest BCUT2D eigenvalue weighted by atomic mass is 10.2. The zero-order valence-corrected chi connectivity index (χ0v) is 11.1. The molecule has 0 radical (unpaired) electrons. The molecule has 0 bridgehead atoms. The summed E-state index contributed by atoms with van der Waals surface area (Å²) in [4.78, 5) is 6.79. The summed E-state index contributed by atoms with van der Waals surface area (Å²) in [5.74, 6) is 0.919. The number of pyridine rings is 1. The molecule has 1 aliphatic heterocycles. The molecule has 2 heterocycles. The van der Waals surface area contributed by atoms with Crippen molar-refractivity contribution in [3.63, 3.8) is 0 Å². The molecular weight excluding hydrogens is 224 g/mol. The van der Waals surface area contributed by atoms with Crippen molar-refractivity contribution in [1.82, 2.24) is 10.3 Å². The highest BCUT2D eigenvalue weighted by atomic mass is 15.2. The molecule has 0 aromatic carbocycles. The number of nitrogens with zero attached hydrogens (tertiary/aromatic N) is 3. The number of anilines is 1. The molecule has 0 aliphatic carbocycles. The molecule has 1 fully saturated rings. The molecule has 1 unspecified atom stereocenters. The first kappa shape index (κ1) is 12.8. The Balaban J connectivity index is 2.15. The van der Waals surface area contributed by atoms with Crippen LogP contribution >= 0.6 is 0 Å². The summed E-state index contributed by atoms with van der Waals surface area (Å²) in [5.41, 5.74) is 1.59. The minimum absolute atomic E-state index is 0.554. The second-order valence-corrected chi connectivity index (χ2v) is 4.80. The topological polar surface area (TPSA) is 52.0 Å². The van der Waals surface area contributed by atoms with Gasteiger partial charge in [0.2, 0.25) is 0 Å². The van der Waals surface area contributed by atoms with Gasteiger partial charge in [-0.05, 0) is 45.4 Å². The molecule has 1 atom stereocenters. The summed E-state index contributed by atoms with van der Waals surface area (Å²) in [6.45, 7) is 7.07. The van der Waals surface area contributed by atoms with E-state index in [2.05, 4.69) is 28.2 Å². The van der Waals surface area contributed by atoms with Crippen molar-refractivity contribution in [3.8, 4) is 6.07 Å². The molecule has 4 nitrogen and oxygen atoms in total. The minimum Gasteiger partial charge on any atom is -0.355 e. The predicted molar refractivity (Wildman–Crippen MR) is 72.6 cm³/mol. The van der Waals surface area contributed by atoms with Gasteiger partial charge in [-0.15, -0.1) is 0 Å². The molecule has 0 spiro atoms. The molecule has 18 heavy (non-hydrogen) atoms. The molecule has 4 heteroatoms. The van der Waals surface area contributed by atoms with E-state index in [1.54, 1.807) is 0 Å². The van der Waals surface area contributed by atoms with Gasteiger partial charge < -0.3 is 10.2 Å². The summed E-state index contributed by atoms with van der Waals surface area (Å²) in [5, 5.41) is 12.5. The normalized spacial score (nSPS) is 18.6. The standard InChI is InChI=1S/C14H20N4/c1-3-18(10-13-5-4-6-16-13)14-8-12(9-15)7-11(2)17-14/h7-8,13,16H,3-6,10H2,1-2H3. The summed E-state index contributed by atoms with van der Waals surface area (Å²) in [7, 11) is 0. The minimum atomic E-state index is 0.554. The zero-order chi connectivity index (χ0) is 13.0. The molecule has 1 saturated heterocycles. The second-order valence-electron chi connectivity index (χ2n) is 4.80. The number of aryl methyl sites for hydroxylation is 1. The van der Waals surface area contributed by atoms with Gasteiger partial charge in [0.05, 0.1) is 11.6 Å². The van der Waals surface area contributed by atoms with Crippen molar-refractivity contribution >= 4 is 5.82 Å². The fourth-order valence-corrected chi connectivity index (χ4v) is 2.44. The van der Waals surface area contributed by atoms with Gasteiger partial charge in [0, 0.05) is 24.8 Å². The highest BCUT2D eigenvalue weighted by Crippen LogP contribution is 2.16. The second kappa shape index (κ2) is 5.83. The number of rotatable bonds is 4. The Hall–Kier alpha value is -1.60. The number of nitriles is 1. The van der Waals surface area contributed by atoms with E-state index in [0.29, 0.717) is 11.6 Å². The Morgan fingerprint density at radius 1 is 1.56 bits per heavy atom. The third kappa shape index (κ3) is 2.99. The van der Waals surface area contributed by atoms with Crippen molar-refractivity contribution in [2.45, 2.75) is 32.7 Å². The summed E-state index contributed by atoms with van der Waals surface area (Å²) < 4.78 is 0. The maximum Gasteiger partial charge on any atom is 0.130 e. The number of aromatic nitrogens is 1. The Morgan fingerprint density at radius 2 is 2.39 bits per heavy atom. The summed E-state index contributed by atoms with van der Waals surface area (Å²) >= 11 is 0. The molecule has 1 aromatic rings. The first-order valence-corrected chi connectivity index (χ1v) is 6.60. The van der Waals surface area contributed by atoms with E-state index in [4.69, 9.17) is 5.26 Å². The fraction of sp³-hybridized carbons (Fsp3) is 0.571. The molecule has 0 saturated carbocycles. The highest BCUT2D eigenvalue weighted by Gasteiger charge is 2.18. The van der Waals surface area contributed by atoms with Gasteiger partial charge in [-0.25, -0.2) is 4.98 Å². The number of nitrogens with one attached hydrogen (secondary N) is 1. The lowest BCUT2D eigenvalue weighted by Crippen LogP contribution is -2.38. The third-order valence-corrected chi connectivity index (χ3v) is 3.38. The first-order valence-electron chi connectivity index (χ1n) is 6.60. The Bertz CT molecular complexity index is 444. The van der Waals surface area contributed by atoms with Crippen LogP contribution in [0.3, 0.4) is 0 Å². The van der Waals surface area contributed by atoms with Crippen LogP contribution in [0.25, 0.3) is 0 Å². The lowest BCUT2D eigenvalue weighted by Gasteiger charge is -2.25. The van der Waals surface area contributed by atoms with E-state index >= 15 is 0 Å². The van der Waals surface area contributed by atoms with E-state index in [1.807, 2.05) is 19.1 Å². The van der Waals surface area contributed by atoms with Gasteiger partial charge in [0.1, 0.15) is 5.82 Å². The van der Waals surface area contributed by atoms with E-state index in [9.17, 15) is 0 Å². The predicted octanol–water partition coefficient (Wildman–Crippen LogP) is 1.84. The molecule has 1 aromatic heterocycles. The van der Waals surface area contributed by atoms with Crippen LogP contribution in [-0.4, -0.2) is 30.7 Å². The van der Waals surface area contributed by atoms with E-state index < -0.39 is 0 Å². The number of hydrogen-bond acceptors (Lipinski definition) is 4. The number of hydrogen-bond donors (Lipinski definition) is 1. The van der Waals surface area contributed by atoms with Crippen molar-refractivity contribution in [2.75, 3.05) is 24.5 Å². The maximum absolute atomic E-state index is 9.02. The van der Waals surface area contributed by atoms with E-state index in [-0.39, 0.29) is 0 Å². The van der Waals surface area contributed by atoms with Gasteiger partial charge in [-0.3, -0.25) is 0 Å². The first-order chi connectivity index (χ1) is 8.72. The highest BCUT2D eigenvalue weighted by molar-refractivity contribution is 5.46. The van der Waals surface area contributed by atoms with Crippen molar-refractivity contribution in [1.29, 1.82) is 5.26 Å². The Morgan fingerprint density at radius 3 is 3.00 bits per heavy atom. The van der Waals surface area contributed by atoms with Gasteiger partial charge in [0.15, 0.2) is 0 Å². The molecule has 96 valence electrons. The molecule has 1 aliphatic rings. The molecule has 1 N–H and O–H groups in total. The van der Waals surface area contributed by atoms with Crippen LogP contribution in [0.4, 0.5) is 5.82 Å². The Labute approximate surface area is 109 Å². The third-order valence-electron chi connectivity index (χ3n) is 3.38. The van der Waals surface area contributed by atoms with Crippen LogP contribution in [0.1, 0.15) is 31.0 Å². The summed E-state index contributed by atoms with van der Waals surface area (Å²) in [6.07, 6.45) is 2.49. The smallest absolute Gasteiger partial charge is 0.130 e. The van der Waals surface area contributed by atoms with Gasteiger partial charge in [-0.1, -0.05) is 0 Å². The van der Waals surface area contributed by atoms with Crippen molar-refractivity contribution in [2.24, 2.45) is 0 Å². The molecular formula is C14H20N4. The number of likely N-dealkylation sites (N-methyl/N-ethyl adjacent to an activating group) is 1. The summed E-state index contributed by atoms with van der Waals surface area (Å²) in [6, 6.07) is 6.46. The monoisotopic (exact) mass is 244 g/mol. The van der Waals surface area contributed by atoms with Gasteiger partial charge in [0.25, 0.3) is 0 Å². The van der Waals surface area contributed by atoms with Crippen LogP contribution in [0.2, 0.25) is 0 Å².